The van der Waals surface area contributed by atoms with Crippen molar-refractivity contribution in [3.63, 3.8) is 0 Å². The third-order valence-corrected chi connectivity index (χ3v) is 1.66. The van der Waals surface area contributed by atoms with Crippen LogP contribution < -0.4 is 0 Å². The predicted octanol–water partition coefficient (Wildman–Crippen LogP) is 3.15. The Balaban J connectivity index is 4.07. The Labute approximate surface area is 75.3 Å². The molecule has 2 heteroatoms. The van der Waals surface area contributed by atoms with Crippen LogP contribution in [0.25, 0.3) is 0 Å². The second kappa shape index (κ2) is 6.89. The number of allylic oxidation sites excluding steroid dienone is 2. The molecule has 0 rings (SSSR count). The third kappa shape index (κ3) is 4.94. The highest BCUT2D eigenvalue weighted by molar-refractivity contribution is 5.48. The smallest absolute Gasteiger partial charge is 0.173 e. The molecule has 0 unspecified atom stereocenters. The first-order valence-electron chi connectivity index (χ1n) is 4.44. The quantitative estimate of drug-likeness (QED) is 0.457. The average molecular weight is 169 g/mol. The van der Waals surface area contributed by atoms with Crippen molar-refractivity contribution in [2.75, 3.05) is 7.11 Å². The summed E-state index contributed by atoms with van der Waals surface area (Å²) >= 11 is 0. The van der Waals surface area contributed by atoms with Gasteiger partial charge in [-0.05, 0) is 26.7 Å². The van der Waals surface area contributed by atoms with E-state index in [0.717, 1.165) is 12.1 Å². The molecule has 0 atom stereocenters. The molecule has 0 bridgehead atoms. The number of unbranched alkanes of at least 4 members (excludes halogenated alkanes) is 1. The molecule has 0 aromatic rings. The average Bonchev–Trinajstić information content (AvgIpc) is 2.04. The fourth-order valence-corrected chi connectivity index (χ4v) is 0.904. The second-order valence-corrected chi connectivity index (χ2v) is 3.02. The van der Waals surface area contributed by atoms with Crippen LogP contribution in [0.1, 0.15) is 40.0 Å². The normalized spacial score (nSPS) is 10.3. The van der Waals surface area contributed by atoms with Gasteiger partial charge < -0.3 is 4.74 Å². The van der Waals surface area contributed by atoms with E-state index in [1.54, 1.807) is 7.11 Å². The van der Waals surface area contributed by atoms with E-state index in [-0.39, 0.29) is 0 Å². The molecule has 12 heavy (non-hydrogen) atoms. The summed E-state index contributed by atoms with van der Waals surface area (Å²) in [6, 6.07) is 0. The van der Waals surface area contributed by atoms with Crippen LogP contribution in [0.4, 0.5) is 0 Å². The van der Waals surface area contributed by atoms with Crippen molar-refractivity contribution in [1.29, 1.82) is 0 Å². The van der Waals surface area contributed by atoms with Crippen LogP contribution in [-0.4, -0.2) is 13.5 Å². The molecule has 0 heterocycles. The maximum atomic E-state index is 4.78. The SMILES string of the molecule is CCCCC(N=COC)=C(C)C. The van der Waals surface area contributed by atoms with Crippen LogP contribution in [-0.2, 0) is 4.74 Å². The monoisotopic (exact) mass is 169 g/mol. The molecule has 0 aliphatic heterocycles. The van der Waals surface area contributed by atoms with Crippen molar-refractivity contribution in [2.24, 2.45) is 4.99 Å². The third-order valence-electron chi connectivity index (χ3n) is 1.66. The first-order chi connectivity index (χ1) is 5.72. The lowest BCUT2D eigenvalue weighted by atomic mass is 10.1. The number of hydrogen-bond acceptors (Lipinski definition) is 2. The summed E-state index contributed by atoms with van der Waals surface area (Å²) in [6.45, 7) is 6.35. The Kier molecular flexibility index (Phi) is 6.44. The first kappa shape index (κ1) is 11.2. The molecular formula is C10H19NO. The molecule has 0 saturated carbocycles. The van der Waals surface area contributed by atoms with Crippen LogP contribution in [0.2, 0.25) is 0 Å². The summed E-state index contributed by atoms with van der Waals surface area (Å²) in [6.07, 6.45) is 4.96. The summed E-state index contributed by atoms with van der Waals surface area (Å²) in [5.41, 5.74) is 2.43. The molecule has 0 radical (unpaired) electrons. The van der Waals surface area contributed by atoms with Gasteiger partial charge in [-0.3, -0.25) is 0 Å². The molecule has 0 spiro atoms. The van der Waals surface area contributed by atoms with Crippen molar-refractivity contribution in [3.8, 4) is 0 Å². The van der Waals surface area contributed by atoms with E-state index in [2.05, 4.69) is 25.8 Å². The lowest BCUT2D eigenvalue weighted by Gasteiger charge is -2.02. The van der Waals surface area contributed by atoms with E-state index in [4.69, 9.17) is 4.74 Å². The van der Waals surface area contributed by atoms with E-state index >= 15 is 0 Å². The van der Waals surface area contributed by atoms with E-state index in [9.17, 15) is 0 Å². The van der Waals surface area contributed by atoms with Gasteiger partial charge in [-0.15, -0.1) is 0 Å². The van der Waals surface area contributed by atoms with Gasteiger partial charge in [0.15, 0.2) is 6.40 Å². The van der Waals surface area contributed by atoms with Gasteiger partial charge in [0, 0.05) is 5.70 Å². The van der Waals surface area contributed by atoms with E-state index < -0.39 is 0 Å². The Bertz CT molecular complexity index is 167. The molecule has 0 aliphatic carbocycles. The van der Waals surface area contributed by atoms with Crippen molar-refractivity contribution >= 4 is 6.40 Å². The summed E-state index contributed by atoms with van der Waals surface area (Å²) in [4.78, 5) is 4.21. The number of aliphatic imine (C=N–C) groups is 1. The van der Waals surface area contributed by atoms with E-state index in [1.807, 2.05) is 0 Å². The fraction of sp³-hybridized carbons (Fsp3) is 0.700. The van der Waals surface area contributed by atoms with Crippen LogP contribution in [0, 0.1) is 0 Å². The van der Waals surface area contributed by atoms with Crippen molar-refractivity contribution in [2.45, 2.75) is 40.0 Å². The summed E-state index contributed by atoms with van der Waals surface area (Å²) < 4.78 is 4.78. The van der Waals surface area contributed by atoms with E-state index in [1.165, 1.54) is 24.8 Å². The Morgan fingerprint density at radius 2 is 2.08 bits per heavy atom. The number of ether oxygens (including phenoxy) is 1. The van der Waals surface area contributed by atoms with Crippen molar-refractivity contribution in [3.05, 3.63) is 11.3 Å². The minimum absolute atomic E-state index is 1.05. The van der Waals surface area contributed by atoms with Crippen LogP contribution in [0.15, 0.2) is 16.3 Å². The van der Waals surface area contributed by atoms with Gasteiger partial charge in [0.25, 0.3) is 0 Å². The minimum atomic E-state index is 1.05. The highest BCUT2D eigenvalue weighted by Crippen LogP contribution is 2.12. The van der Waals surface area contributed by atoms with Crippen LogP contribution >= 0.6 is 0 Å². The molecule has 0 aromatic carbocycles. The Morgan fingerprint density at radius 1 is 1.42 bits per heavy atom. The first-order valence-corrected chi connectivity index (χ1v) is 4.44. The zero-order chi connectivity index (χ0) is 9.40. The van der Waals surface area contributed by atoms with Crippen LogP contribution in [0.5, 0.6) is 0 Å². The maximum absolute atomic E-state index is 4.78. The number of rotatable bonds is 5. The topological polar surface area (TPSA) is 21.6 Å². The molecule has 2 nitrogen and oxygen atoms in total. The largest absolute Gasteiger partial charge is 0.486 e. The molecular weight excluding hydrogens is 150 g/mol. The fourth-order valence-electron chi connectivity index (χ4n) is 0.904. The molecule has 0 fully saturated rings. The zero-order valence-corrected chi connectivity index (χ0v) is 8.55. The number of methoxy groups -OCH3 is 1. The molecule has 0 aliphatic rings. The number of nitrogens with zero attached hydrogens (tertiary/aromatic N) is 1. The Hall–Kier alpha value is -0.790. The molecule has 0 amide bonds. The predicted molar refractivity (Wildman–Crippen MR) is 53.4 cm³/mol. The molecule has 0 saturated heterocycles. The van der Waals surface area contributed by atoms with Crippen molar-refractivity contribution < 1.29 is 4.74 Å². The molecule has 0 aromatic heterocycles. The highest BCUT2D eigenvalue weighted by atomic mass is 16.5. The summed E-state index contributed by atoms with van der Waals surface area (Å²) in [7, 11) is 1.62. The lowest BCUT2D eigenvalue weighted by molar-refractivity contribution is 0.422. The molecule has 0 N–H and O–H groups in total. The maximum Gasteiger partial charge on any atom is 0.173 e. The summed E-state index contributed by atoms with van der Waals surface area (Å²) in [5.74, 6) is 0. The van der Waals surface area contributed by atoms with Gasteiger partial charge in [0.1, 0.15) is 0 Å². The van der Waals surface area contributed by atoms with E-state index in [0.29, 0.717) is 0 Å². The highest BCUT2D eigenvalue weighted by Gasteiger charge is 1.95. The Morgan fingerprint density at radius 3 is 2.50 bits per heavy atom. The second-order valence-electron chi connectivity index (χ2n) is 3.02. The van der Waals surface area contributed by atoms with Gasteiger partial charge >= 0.3 is 0 Å². The van der Waals surface area contributed by atoms with Crippen molar-refractivity contribution in [1.82, 2.24) is 0 Å². The molecule has 70 valence electrons. The van der Waals surface area contributed by atoms with Gasteiger partial charge in [-0.1, -0.05) is 18.9 Å². The van der Waals surface area contributed by atoms with Gasteiger partial charge in [0.05, 0.1) is 7.11 Å². The standard InChI is InChI=1S/C10H19NO/c1-5-6-7-10(9(2)3)11-8-12-4/h8H,5-7H2,1-4H3. The van der Waals surface area contributed by atoms with Crippen LogP contribution in [0.3, 0.4) is 0 Å². The lowest BCUT2D eigenvalue weighted by Crippen LogP contribution is -1.86. The van der Waals surface area contributed by atoms with Gasteiger partial charge in [-0.2, -0.15) is 0 Å². The number of hydrogen-bond donors (Lipinski definition) is 0. The zero-order valence-electron chi connectivity index (χ0n) is 8.55. The summed E-state index contributed by atoms with van der Waals surface area (Å²) in [5, 5.41) is 0. The minimum Gasteiger partial charge on any atom is -0.486 e. The van der Waals surface area contributed by atoms with Gasteiger partial charge in [0.2, 0.25) is 0 Å². The van der Waals surface area contributed by atoms with Gasteiger partial charge in [-0.25, -0.2) is 4.99 Å².